The number of aryl methyl sites for hydroxylation is 2. The predicted octanol–water partition coefficient (Wildman–Crippen LogP) is 4.02. The van der Waals surface area contributed by atoms with Crippen molar-refractivity contribution >= 4 is 17.3 Å². The van der Waals surface area contributed by atoms with Crippen LogP contribution in [-0.4, -0.2) is 12.5 Å². The largest absolute Gasteiger partial charge is 0.384 e. The van der Waals surface area contributed by atoms with Crippen LogP contribution < -0.4 is 10.6 Å². The minimum absolute atomic E-state index is 0.132. The number of para-hydroxylation sites is 1. The second-order valence-electron chi connectivity index (χ2n) is 5.12. The van der Waals surface area contributed by atoms with Gasteiger partial charge in [0.05, 0.1) is 0 Å². The fourth-order valence-corrected chi connectivity index (χ4v) is 2.14. The number of amides is 1. The molecule has 116 valence electrons. The first-order valence-corrected chi connectivity index (χ1v) is 7.02. The Labute approximate surface area is 128 Å². The number of nitrogens with one attached hydrogen (secondary N) is 2. The number of carbonyl (C=O) groups excluding carboxylic acids is 1. The van der Waals surface area contributed by atoms with Gasteiger partial charge in [-0.3, -0.25) is 4.79 Å². The molecule has 22 heavy (non-hydrogen) atoms. The molecule has 2 aromatic rings. The molecule has 0 saturated carbocycles. The van der Waals surface area contributed by atoms with E-state index in [1.807, 2.05) is 32.0 Å². The van der Waals surface area contributed by atoms with Gasteiger partial charge in [-0.2, -0.15) is 0 Å². The molecule has 1 amide bonds. The van der Waals surface area contributed by atoms with E-state index in [1.165, 1.54) is 6.07 Å². The molecule has 2 rings (SSSR count). The molecule has 0 aliphatic heterocycles. The molecule has 0 aromatic heterocycles. The minimum atomic E-state index is -0.912. The van der Waals surface area contributed by atoms with Gasteiger partial charge in [-0.05, 0) is 43.2 Å². The van der Waals surface area contributed by atoms with E-state index in [2.05, 4.69) is 10.6 Å². The topological polar surface area (TPSA) is 41.1 Å². The molecule has 0 atom stereocenters. The van der Waals surface area contributed by atoms with Crippen LogP contribution in [0.2, 0.25) is 0 Å². The highest BCUT2D eigenvalue weighted by Gasteiger charge is 2.07. The summed E-state index contributed by atoms with van der Waals surface area (Å²) < 4.78 is 25.8. The molecule has 0 aliphatic carbocycles. The number of anilines is 2. The van der Waals surface area contributed by atoms with Crippen LogP contribution in [0.25, 0.3) is 0 Å². The lowest BCUT2D eigenvalue weighted by Gasteiger charge is -2.12. The molecule has 5 heteroatoms. The van der Waals surface area contributed by atoms with E-state index in [0.717, 1.165) is 28.9 Å². The Balaban J connectivity index is 1.86. The summed E-state index contributed by atoms with van der Waals surface area (Å²) >= 11 is 0. The minimum Gasteiger partial charge on any atom is -0.384 e. The van der Waals surface area contributed by atoms with Crippen LogP contribution in [-0.2, 0) is 4.79 Å². The summed E-state index contributed by atoms with van der Waals surface area (Å²) in [5, 5.41) is 5.76. The Morgan fingerprint density at radius 2 is 1.73 bits per heavy atom. The van der Waals surface area contributed by atoms with Gasteiger partial charge < -0.3 is 10.6 Å². The number of carbonyl (C=O) groups is 1. The first kappa shape index (κ1) is 15.9. The quantitative estimate of drug-likeness (QED) is 0.876. The SMILES string of the molecule is Cc1cccc(C)c1NC(=O)CCNc1ccc(F)c(F)c1. The molecule has 0 spiro atoms. The maximum Gasteiger partial charge on any atom is 0.226 e. The van der Waals surface area contributed by atoms with Crippen LogP contribution in [0, 0.1) is 25.5 Å². The van der Waals surface area contributed by atoms with Gasteiger partial charge in [0, 0.05) is 24.3 Å². The third kappa shape index (κ3) is 4.04. The van der Waals surface area contributed by atoms with Crippen LogP contribution in [0.15, 0.2) is 36.4 Å². The molecular formula is C17H18F2N2O. The van der Waals surface area contributed by atoms with E-state index < -0.39 is 11.6 Å². The van der Waals surface area contributed by atoms with Gasteiger partial charge in [0.15, 0.2) is 11.6 Å². The zero-order valence-corrected chi connectivity index (χ0v) is 12.5. The van der Waals surface area contributed by atoms with Crippen LogP contribution in [0.4, 0.5) is 20.2 Å². The Morgan fingerprint density at radius 1 is 1.05 bits per heavy atom. The van der Waals surface area contributed by atoms with Crippen molar-refractivity contribution in [1.82, 2.24) is 0 Å². The summed E-state index contributed by atoms with van der Waals surface area (Å²) in [5.41, 5.74) is 3.27. The normalized spacial score (nSPS) is 10.4. The van der Waals surface area contributed by atoms with Gasteiger partial charge >= 0.3 is 0 Å². The van der Waals surface area contributed by atoms with E-state index in [4.69, 9.17) is 0 Å². The maximum atomic E-state index is 13.0. The summed E-state index contributed by atoms with van der Waals surface area (Å²) in [5.74, 6) is -1.93. The summed E-state index contributed by atoms with van der Waals surface area (Å²) in [6.07, 6.45) is 0.229. The van der Waals surface area contributed by atoms with Gasteiger partial charge in [0.25, 0.3) is 0 Å². The number of halogens is 2. The van der Waals surface area contributed by atoms with Crippen LogP contribution in [0.5, 0.6) is 0 Å². The van der Waals surface area contributed by atoms with Crippen LogP contribution in [0.1, 0.15) is 17.5 Å². The highest BCUT2D eigenvalue weighted by molar-refractivity contribution is 5.92. The number of rotatable bonds is 5. The van der Waals surface area contributed by atoms with Gasteiger partial charge in [0.1, 0.15) is 0 Å². The smallest absolute Gasteiger partial charge is 0.226 e. The molecule has 0 saturated heterocycles. The van der Waals surface area contributed by atoms with Crippen LogP contribution >= 0.6 is 0 Å². The molecule has 0 fully saturated rings. The van der Waals surface area contributed by atoms with E-state index in [9.17, 15) is 13.6 Å². The first-order valence-electron chi connectivity index (χ1n) is 7.02. The fourth-order valence-electron chi connectivity index (χ4n) is 2.14. The lowest BCUT2D eigenvalue weighted by molar-refractivity contribution is -0.115. The maximum absolute atomic E-state index is 13.0. The molecule has 0 bridgehead atoms. The van der Waals surface area contributed by atoms with Crippen molar-refractivity contribution in [2.45, 2.75) is 20.3 Å². The monoisotopic (exact) mass is 304 g/mol. The molecule has 0 unspecified atom stereocenters. The van der Waals surface area contributed by atoms with Crippen molar-refractivity contribution in [2.75, 3.05) is 17.2 Å². The van der Waals surface area contributed by atoms with Crippen molar-refractivity contribution in [2.24, 2.45) is 0 Å². The van der Waals surface area contributed by atoms with E-state index in [1.54, 1.807) is 0 Å². The average Bonchev–Trinajstić information content (AvgIpc) is 2.47. The molecule has 3 nitrogen and oxygen atoms in total. The third-order valence-electron chi connectivity index (χ3n) is 3.35. The first-order chi connectivity index (χ1) is 10.5. The number of benzene rings is 2. The van der Waals surface area contributed by atoms with E-state index >= 15 is 0 Å². The van der Waals surface area contributed by atoms with Crippen molar-refractivity contribution in [3.05, 3.63) is 59.2 Å². The Hall–Kier alpha value is -2.43. The van der Waals surface area contributed by atoms with Gasteiger partial charge in [-0.1, -0.05) is 18.2 Å². The summed E-state index contributed by atoms with van der Waals surface area (Å²) in [7, 11) is 0. The molecule has 2 aromatic carbocycles. The zero-order chi connectivity index (χ0) is 16.1. The lowest BCUT2D eigenvalue weighted by Crippen LogP contribution is -2.17. The second kappa shape index (κ2) is 7.02. The molecule has 0 aliphatic rings. The van der Waals surface area contributed by atoms with Crippen molar-refractivity contribution in [1.29, 1.82) is 0 Å². The molecule has 0 radical (unpaired) electrons. The van der Waals surface area contributed by atoms with Crippen molar-refractivity contribution in [3.63, 3.8) is 0 Å². The van der Waals surface area contributed by atoms with Gasteiger partial charge in [-0.15, -0.1) is 0 Å². The third-order valence-corrected chi connectivity index (χ3v) is 3.35. The Morgan fingerprint density at radius 3 is 2.36 bits per heavy atom. The van der Waals surface area contributed by atoms with E-state index in [-0.39, 0.29) is 12.3 Å². The van der Waals surface area contributed by atoms with E-state index in [0.29, 0.717) is 12.2 Å². The molecule has 2 N–H and O–H groups in total. The average molecular weight is 304 g/mol. The summed E-state index contributed by atoms with van der Waals surface area (Å²) in [4.78, 5) is 11.9. The summed E-state index contributed by atoms with van der Waals surface area (Å²) in [6, 6.07) is 9.35. The predicted molar refractivity (Wildman–Crippen MR) is 84.0 cm³/mol. The lowest BCUT2D eigenvalue weighted by atomic mass is 10.1. The Bertz CT molecular complexity index is 666. The van der Waals surface area contributed by atoms with Gasteiger partial charge in [0.2, 0.25) is 5.91 Å². The van der Waals surface area contributed by atoms with Crippen molar-refractivity contribution in [3.8, 4) is 0 Å². The fraction of sp³-hybridized carbons (Fsp3) is 0.235. The highest BCUT2D eigenvalue weighted by Crippen LogP contribution is 2.19. The van der Waals surface area contributed by atoms with Gasteiger partial charge in [-0.25, -0.2) is 8.78 Å². The highest BCUT2D eigenvalue weighted by atomic mass is 19.2. The number of hydrogen-bond donors (Lipinski definition) is 2. The number of hydrogen-bond acceptors (Lipinski definition) is 2. The standard InChI is InChI=1S/C17H18F2N2O/c1-11-4-3-5-12(2)17(11)21-16(22)8-9-20-13-6-7-14(18)15(19)10-13/h3-7,10,20H,8-9H2,1-2H3,(H,21,22). The Kier molecular flexibility index (Phi) is 5.09. The molecular weight excluding hydrogens is 286 g/mol. The van der Waals surface area contributed by atoms with Crippen LogP contribution in [0.3, 0.4) is 0 Å². The molecule has 0 heterocycles. The second-order valence-corrected chi connectivity index (χ2v) is 5.12. The van der Waals surface area contributed by atoms with Crippen molar-refractivity contribution < 1.29 is 13.6 Å². The zero-order valence-electron chi connectivity index (χ0n) is 12.5. The summed E-state index contributed by atoms with van der Waals surface area (Å²) in [6.45, 7) is 4.20.